The highest BCUT2D eigenvalue weighted by atomic mass is 16.2. The summed E-state index contributed by atoms with van der Waals surface area (Å²) in [5, 5.41) is 5.95. The first kappa shape index (κ1) is 18.5. The molecular weight excluding hydrogens is 336 g/mol. The zero-order valence-electron chi connectivity index (χ0n) is 16.6. The first-order valence-electron chi connectivity index (χ1n) is 10.6. The second-order valence-electron chi connectivity index (χ2n) is 9.37. The zero-order valence-corrected chi connectivity index (χ0v) is 16.6. The molecule has 4 saturated carbocycles. The van der Waals surface area contributed by atoms with Gasteiger partial charge in [0.2, 0.25) is 11.8 Å². The summed E-state index contributed by atoms with van der Waals surface area (Å²) in [4.78, 5) is 25.6. The molecule has 0 spiro atoms. The monoisotopic (exact) mass is 368 g/mol. The number of hydrogen-bond donors (Lipinski definition) is 2. The van der Waals surface area contributed by atoms with Crippen LogP contribution in [0, 0.1) is 17.3 Å². The highest BCUT2D eigenvalue weighted by Gasteiger charge is 2.61. The maximum atomic E-state index is 13.4. The fourth-order valence-electron chi connectivity index (χ4n) is 6.47. The lowest BCUT2D eigenvalue weighted by Crippen LogP contribution is -2.60. The van der Waals surface area contributed by atoms with E-state index in [0.29, 0.717) is 18.4 Å². The van der Waals surface area contributed by atoms with Gasteiger partial charge in [0, 0.05) is 6.54 Å². The Bertz CT molecular complexity index is 700. The second kappa shape index (κ2) is 6.96. The standard InChI is InChI=1S/C23H32N2O2/c1-3-9-24-20(26)16(2)25-21(27)23-13-17-10-18(14-23)12-22(11-17,15-23)19-7-5-4-6-8-19/h4-8,16-18H,3,9-15H2,1-2H3,(H,24,26)(H,25,27)/t16-,17-,18+,22?,23?/m0/s1. The highest BCUT2D eigenvalue weighted by molar-refractivity contribution is 5.90. The molecule has 1 aromatic carbocycles. The van der Waals surface area contributed by atoms with Crippen molar-refractivity contribution < 1.29 is 9.59 Å². The van der Waals surface area contributed by atoms with Gasteiger partial charge in [-0.25, -0.2) is 0 Å². The molecular formula is C23H32N2O2. The summed E-state index contributed by atoms with van der Waals surface area (Å²) in [6, 6.07) is 10.4. The Morgan fingerprint density at radius 2 is 1.78 bits per heavy atom. The normalized spacial score (nSPS) is 34.9. The van der Waals surface area contributed by atoms with Crippen LogP contribution in [-0.4, -0.2) is 24.4 Å². The van der Waals surface area contributed by atoms with Gasteiger partial charge in [-0.15, -0.1) is 0 Å². The Balaban J connectivity index is 1.54. The van der Waals surface area contributed by atoms with E-state index in [-0.39, 0.29) is 22.6 Å². The fraction of sp³-hybridized carbons (Fsp3) is 0.652. The summed E-state index contributed by atoms with van der Waals surface area (Å²) < 4.78 is 0. The number of benzene rings is 1. The van der Waals surface area contributed by atoms with Crippen molar-refractivity contribution in [3.05, 3.63) is 35.9 Å². The van der Waals surface area contributed by atoms with Crippen LogP contribution in [0.3, 0.4) is 0 Å². The number of nitrogens with one attached hydrogen (secondary N) is 2. The molecule has 4 aliphatic rings. The largest absolute Gasteiger partial charge is 0.354 e. The van der Waals surface area contributed by atoms with Gasteiger partial charge in [0.05, 0.1) is 5.41 Å². The van der Waals surface area contributed by atoms with Crippen LogP contribution in [-0.2, 0) is 15.0 Å². The first-order chi connectivity index (χ1) is 13.0. The molecule has 146 valence electrons. The minimum atomic E-state index is -0.468. The third-order valence-electron chi connectivity index (χ3n) is 7.22. The predicted octanol–water partition coefficient (Wildman–Crippen LogP) is 3.56. The lowest BCUT2D eigenvalue weighted by molar-refractivity contribution is -0.151. The van der Waals surface area contributed by atoms with Gasteiger partial charge in [-0.2, -0.15) is 0 Å². The quantitative estimate of drug-likeness (QED) is 0.807. The van der Waals surface area contributed by atoms with Crippen molar-refractivity contribution in [2.45, 2.75) is 70.3 Å². The number of hydrogen-bond acceptors (Lipinski definition) is 2. The van der Waals surface area contributed by atoms with E-state index in [1.54, 1.807) is 6.92 Å². The molecule has 4 fully saturated rings. The molecule has 0 saturated heterocycles. The van der Waals surface area contributed by atoms with Crippen molar-refractivity contribution in [2.75, 3.05) is 6.54 Å². The van der Waals surface area contributed by atoms with Gasteiger partial charge in [0.1, 0.15) is 6.04 Å². The maximum Gasteiger partial charge on any atom is 0.242 e. The molecule has 5 rings (SSSR count). The smallest absolute Gasteiger partial charge is 0.242 e. The summed E-state index contributed by atoms with van der Waals surface area (Å²) in [5.41, 5.74) is 1.26. The van der Waals surface area contributed by atoms with Crippen molar-refractivity contribution >= 4 is 11.8 Å². The van der Waals surface area contributed by atoms with Crippen LogP contribution in [0.1, 0.15) is 64.4 Å². The van der Waals surface area contributed by atoms with E-state index in [1.165, 1.54) is 24.8 Å². The van der Waals surface area contributed by atoms with Gasteiger partial charge in [0.15, 0.2) is 0 Å². The van der Waals surface area contributed by atoms with Crippen molar-refractivity contribution in [3.63, 3.8) is 0 Å². The average molecular weight is 369 g/mol. The van der Waals surface area contributed by atoms with Gasteiger partial charge in [-0.05, 0) is 74.7 Å². The SMILES string of the molecule is CCCNC(=O)[C@H](C)NC(=O)C12C[C@H]3C[C@@H](C1)CC(c1ccccc1)(C3)C2. The van der Waals surface area contributed by atoms with E-state index in [0.717, 1.165) is 25.7 Å². The molecule has 4 nitrogen and oxygen atoms in total. The van der Waals surface area contributed by atoms with Gasteiger partial charge < -0.3 is 10.6 Å². The molecule has 2 amide bonds. The number of carbonyl (C=O) groups excluding carboxylic acids is 2. The van der Waals surface area contributed by atoms with Gasteiger partial charge in [-0.3, -0.25) is 9.59 Å². The van der Waals surface area contributed by atoms with Crippen molar-refractivity contribution in [1.29, 1.82) is 0 Å². The molecule has 0 aliphatic heterocycles. The van der Waals surface area contributed by atoms with Crippen LogP contribution in [0.5, 0.6) is 0 Å². The van der Waals surface area contributed by atoms with Gasteiger partial charge in [-0.1, -0.05) is 37.3 Å². The number of rotatable bonds is 6. The Hall–Kier alpha value is -1.84. The zero-order chi connectivity index (χ0) is 19.1. The minimum absolute atomic E-state index is 0.0762. The van der Waals surface area contributed by atoms with Crippen molar-refractivity contribution in [2.24, 2.45) is 17.3 Å². The molecule has 0 aromatic heterocycles. The maximum absolute atomic E-state index is 13.4. The molecule has 27 heavy (non-hydrogen) atoms. The number of amides is 2. The average Bonchev–Trinajstić information content (AvgIpc) is 2.65. The van der Waals surface area contributed by atoms with Gasteiger partial charge in [0.25, 0.3) is 0 Å². The summed E-state index contributed by atoms with van der Waals surface area (Å²) in [6.45, 7) is 4.49. The summed E-state index contributed by atoms with van der Waals surface area (Å²) >= 11 is 0. The summed E-state index contributed by atoms with van der Waals surface area (Å²) in [5.74, 6) is 1.31. The lowest BCUT2D eigenvalue weighted by Gasteiger charge is -2.61. The van der Waals surface area contributed by atoms with Crippen LogP contribution < -0.4 is 10.6 Å². The predicted molar refractivity (Wildman–Crippen MR) is 106 cm³/mol. The molecule has 1 aromatic rings. The first-order valence-corrected chi connectivity index (χ1v) is 10.6. The van der Waals surface area contributed by atoms with Crippen LogP contribution in [0.15, 0.2) is 30.3 Å². The third kappa shape index (κ3) is 3.28. The molecule has 2 N–H and O–H groups in total. The molecule has 4 bridgehead atoms. The van der Waals surface area contributed by atoms with E-state index in [2.05, 4.69) is 41.0 Å². The number of carbonyl (C=O) groups is 2. The van der Waals surface area contributed by atoms with Crippen LogP contribution in [0.2, 0.25) is 0 Å². The second-order valence-corrected chi connectivity index (χ2v) is 9.37. The third-order valence-corrected chi connectivity index (χ3v) is 7.22. The molecule has 2 unspecified atom stereocenters. The fourth-order valence-corrected chi connectivity index (χ4v) is 6.47. The Morgan fingerprint density at radius 1 is 1.11 bits per heavy atom. The summed E-state index contributed by atoms with van der Waals surface area (Å²) in [7, 11) is 0. The summed E-state index contributed by atoms with van der Waals surface area (Å²) in [6.07, 6.45) is 7.53. The van der Waals surface area contributed by atoms with E-state index < -0.39 is 6.04 Å². The van der Waals surface area contributed by atoms with Gasteiger partial charge >= 0.3 is 0 Å². The molecule has 4 heteroatoms. The van der Waals surface area contributed by atoms with Crippen LogP contribution in [0.4, 0.5) is 0 Å². The Labute approximate surface area is 162 Å². The topological polar surface area (TPSA) is 58.2 Å². The molecule has 0 heterocycles. The van der Waals surface area contributed by atoms with E-state index in [9.17, 15) is 9.59 Å². The molecule has 5 atom stereocenters. The lowest BCUT2D eigenvalue weighted by atomic mass is 9.42. The molecule has 4 aliphatic carbocycles. The Morgan fingerprint density at radius 3 is 2.41 bits per heavy atom. The highest BCUT2D eigenvalue weighted by Crippen LogP contribution is 2.65. The van der Waals surface area contributed by atoms with Crippen LogP contribution in [0.25, 0.3) is 0 Å². The van der Waals surface area contributed by atoms with E-state index in [4.69, 9.17) is 0 Å². The molecule has 0 radical (unpaired) electrons. The Kier molecular flexibility index (Phi) is 4.77. The van der Waals surface area contributed by atoms with E-state index >= 15 is 0 Å². The van der Waals surface area contributed by atoms with Crippen molar-refractivity contribution in [1.82, 2.24) is 10.6 Å². The minimum Gasteiger partial charge on any atom is -0.354 e. The van der Waals surface area contributed by atoms with Crippen LogP contribution >= 0.6 is 0 Å². The van der Waals surface area contributed by atoms with Crippen molar-refractivity contribution in [3.8, 4) is 0 Å². The van der Waals surface area contributed by atoms with E-state index in [1.807, 2.05) is 6.92 Å².